The number of nitrogens with one attached hydrogen (secondary N) is 1. The van der Waals surface area contributed by atoms with Crippen molar-refractivity contribution in [2.45, 2.75) is 12.5 Å². The Morgan fingerprint density at radius 3 is 2.38 bits per heavy atom. The highest BCUT2D eigenvalue weighted by Crippen LogP contribution is 2.13. The highest BCUT2D eigenvalue weighted by atomic mass is 16.4. The zero-order valence-corrected chi connectivity index (χ0v) is 12.7. The van der Waals surface area contributed by atoms with Crippen LogP contribution in [0, 0.1) is 0 Å². The zero-order valence-electron chi connectivity index (χ0n) is 12.7. The minimum Gasteiger partial charge on any atom is -0.508 e. The second-order valence-electron chi connectivity index (χ2n) is 5.20. The molecule has 0 bridgehead atoms. The van der Waals surface area contributed by atoms with Gasteiger partial charge in [-0.2, -0.15) is 0 Å². The van der Waals surface area contributed by atoms with Crippen molar-refractivity contribution in [2.24, 2.45) is 0 Å². The molecule has 2 aromatic rings. The maximum Gasteiger partial charge on any atom is 0.326 e. The largest absolute Gasteiger partial charge is 0.508 e. The Balaban J connectivity index is 2.00. The van der Waals surface area contributed by atoms with Gasteiger partial charge >= 0.3 is 5.97 Å². The molecule has 0 heterocycles. The average molecular weight is 327 g/mol. The van der Waals surface area contributed by atoms with Crippen molar-refractivity contribution in [3.63, 3.8) is 0 Å². The van der Waals surface area contributed by atoms with Gasteiger partial charge in [0.05, 0.1) is 0 Å². The summed E-state index contributed by atoms with van der Waals surface area (Å²) in [4.78, 5) is 23.2. The third-order valence-corrected chi connectivity index (χ3v) is 3.29. The van der Waals surface area contributed by atoms with Crippen molar-refractivity contribution < 1.29 is 24.9 Å². The molecule has 0 saturated carbocycles. The Hall–Kier alpha value is -3.28. The van der Waals surface area contributed by atoms with Crippen LogP contribution in [0.25, 0.3) is 6.08 Å². The van der Waals surface area contributed by atoms with Gasteiger partial charge in [0.25, 0.3) is 0 Å². The minimum atomic E-state index is -1.15. The van der Waals surface area contributed by atoms with Crippen molar-refractivity contribution in [1.82, 2.24) is 5.32 Å². The highest BCUT2D eigenvalue weighted by Gasteiger charge is 2.19. The summed E-state index contributed by atoms with van der Waals surface area (Å²) in [7, 11) is 0. The van der Waals surface area contributed by atoms with Crippen LogP contribution in [0.1, 0.15) is 11.1 Å². The molecule has 24 heavy (non-hydrogen) atoms. The number of phenols is 2. The number of hydrogen-bond donors (Lipinski definition) is 4. The summed E-state index contributed by atoms with van der Waals surface area (Å²) >= 11 is 0. The van der Waals surface area contributed by atoms with Crippen LogP contribution in [0.5, 0.6) is 11.5 Å². The predicted molar refractivity (Wildman–Crippen MR) is 88.5 cm³/mol. The summed E-state index contributed by atoms with van der Waals surface area (Å²) < 4.78 is 0. The lowest BCUT2D eigenvalue weighted by Gasteiger charge is -2.13. The molecule has 0 radical (unpaired) electrons. The first-order valence-corrected chi connectivity index (χ1v) is 7.22. The quantitative estimate of drug-likeness (QED) is 0.607. The third kappa shape index (κ3) is 5.17. The monoisotopic (exact) mass is 327 g/mol. The number of carboxylic acids is 1. The molecule has 0 aliphatic heterocycles. The van der Waals surface area contributed by atoms with E-state index in [1.807, 2.05) is 0 Å². The molecule has 0 aliphatic rings. The molecule has 0 aromatic heterocycles. The van der Waals surface area contributed by atoms with Crippen LogP contribution in [0.15, 0.2) is 54.6 Å². The van der Waals surface area contributed by atoms with Gasteiger partial charge in [-0.15, -0.1) is 0 Å². The van der Waals surface area contributed by atoms with E-state index in [9.17, 15) is 24.9 Å². The predicted octanol–water partition coefficient (Wildman–Crippen LogP) is 1.92. The minimum absolute atomic E-state index is 0.0771. The fraction of sp³-hybridized carbons (Fsp3) is 0.111. The summed E-state index contributed by atoms with van der Waals surface area (Å²) in [6.45, 7) is 0. The lowest BCUT2D eigenvalue weighted by atomic mass is 10.1. The van der Waals surface area contributed by atoms with Gasteiger partial charge in [0.15, 0.2) is 0 Å². The normalized spacial score (nSPS) is 12.0. The van der Waals surface area contributed by atoms with E-state index in [0.717, 1.165) is 0 Å². The number of benzene rings is 2. The molecule has 4 N–H and O–H groups in total. The maximum atomic E-state index is 11.9. The number of hydrogen-bond acceptors (Lipinski definition) is 4. The van der Waals surface area contributed by atoms with Crippen molar-refractivity contribution in [3.05, 3.63) is 65.7 Å². The lowest BCUT2D eigenvalue weighted by Crippen LogP contribution is -2.41. The third-order valence-electron chi connectivity index (χ3n) is 3.29. The van der Waals surface area contributed by atoms with Crippen molar-refractivity contribution in [1.29, 1.82) is 0 Å². The van der Waals surface area contributed by atoms with Gasteiger partial charge in [-0.3, -0.25) is 4.79 Å². The van der Waals surface area contributed by atoms with Crippen molar-refractivity contribution in [2.75, 3.05) is 0 Å². The second-order valence-corrected chi connectivity index (χ2v) is 5.20. The average Bonchev–Trinajstić information content (AvgIpc) is 2.54. The maximum absolute atomic E-state index is 11.9. The number of rotatable bonds is 6. The van der Waals surface area contributed by atoms with Gasteiger partial charge < -0.3 is 20.6 Å². The van der Waals surface area contributed by atoms with E-state index >= 15 is 0 Å². The number of amides is 1. The number of carbonyl (C=O) groups excluding carboxylic acids is 1. The van der Waals surface area contributed by atoms with Crippen molar-refractivity contribution >= 4 is 18.0 Å². The number of aromatic hydroxyl groups is 2. The Morgan fingerprint density at radius 2 is 1.75 bits per heavy atom. The summed E-state index contributed by atoms with van der Waals surface area (Å²) in [5, 5.41) is 30.2. The molecule has 2 rings (SSSR count). The Labute approximate surface area is 138 Å². The van der Waals surface area contributed by atoms with Crippen LogP contribution in [0.2, 0.25) is 0 Å². The molecular formula is C18H17NO5. The Bertz CT molecular complexity index is 752. The number of aliphatic carboxylic acids is 1. The summed E-state index contributed by atoms with van der Waals surface area (Å²) in [5.41, 5.74) is 1.30. The standard InChI is InChI=1S/C18H17NO5/c20-14-7-4-13(5-8-14)11-16(18(23)24)19-17(22)9-6-12-2-1-3-15(21)10-12/h1-10,16,20-21H,11H2,(H,19,22)(H,23,24)/t16-/m0/s1. The van der Waals surface area contributed by atoms with Gasteiger partial charge in [-0.05, 0) is 41.5 Å². The van der Waals surface area contributed by atoms with E-state index in [4.69, 9.17) is 0 Å². The topological polar surface area (TPSA) is 107 Å². The molecule has 0 saturated heterocycles. The van der Waals surface area contributed by atoms with Crippen LogP contribution in [-0.2, 0) is 16.0 Å². The van der Waals surface area contributed by atoms with Crippen LogP contribution in [0.3, 0.4) is 0 Å². The molecule has 0 spiro atoms. The van der Waals surface area contributed by atoms with Gasteiger partial charge in [-0.1, -0.05) is 24.3 Å². The van der Waals surface area contributed by atoms with Gasteiger partial charge in [-0.25, -0.2) is 4.79 Å². The number of carbonyl (C=O) groups is 2. The van der Waals surface area contributed by atoms with E-state index < -0.39 is 17.9 Å². The molecule has 6 heteroatoms. The molecule has 2 aromatic carbocycles. The van der Waals surface area contributed by atoms with Crippen LogP contribution < -0.4 is 5.32 Å². The van der Waals surface area contributed by atoms with Gasteiger partial charge in [0.2, 0.25) is 5.91 Å². The zero-order chi connectivity index (χ0) is 17.5. The molecule has 1 amide bonds. The molecule has 1 atom stereocenters. The smallest absolute Gasteiger partial charge is 0.326 e. The molecule has 0 unspecified atom stereocenters. The fourth-order valence-corrected chi connectivity index (χ4v) is 2.09. The van der Waals surface area contributed by atoms with Gasteiger partial charge in [0, 0.05) is 12.5 Å². The first-order chi connectivity index (χ1) is 11.4. The van der Waals surface area contributed by atoms with E-state index in [-0.39, 0.29) is 17.9 Å². The summed E-state index contributed by atoms with van der Waals surface area (Å²) in [6, 6.07) is 11.3. The van der Waals surface area contributed by atoms with Crippen LogP contribution >= 0.6 is 0 Å². The highest BCUT2D eigenvalue weighted by molar-refractivity contribution is 5.94. The van der Waals surface area contributed by atoms with E-state index in [1.165, 1.54) is 36.4 Å². The SMILES string of the molecule is O=C(C=Cc1cccc(O)c1)N[C@@H](Cc1ccc(O)cc1)C(=O)O. The number of carboxylic acid groups (broad SMARTS) is 1. The molecule has 0 fully saturated rings. The van der Waals surface area contributed by atoms with Crippen LogP contribution in [0.4, 0.5) is 0 Å². The second kappa shape index (κ2) is 7.82. The van der Waals surface area contributed by atoms with Crippen molar-refractivity contribution in [3.8, 4) is 11.5 Å². The molecule has 6 nitrogen and oxygen atoms in total. The molecule has 124 valence electrons. The first-order valence-electron chi connectivity index (χ1n) is 7.22. The summed E-state index contributed by atoms with van der Waals surface area (Å²) in [5.74, 6) is -1.54. The Morgan fingerprint density at radius 1 is 1.04 bits per heavy atom. The van der Waals surface area contributed by atoms with E-state index in [1.54, 1.807) is 24.3 Å². The van der Waals surface area contributed by atoms with Crippen LogP contribution in [-0.4, -0.2) is 33.2 Å². The lowest BCUT2D eigenvalue weighted by molar-refractivity contribution is -0.141. The summed E-state index contributed by atoms with van der Waals surface area (Å²) in [6.07, 6.45) is 2.79. The van der Waals surface area contributed by atoms with Gasteiger partial charge in [0.1, 0.15) is 17.5 Å². The van der Waals surface area contributed by atoms with E-state index in [2.05, 4.69) is 5.32 Å². The fourth-order valence-electron chi connectivity index (χ4n) is 2.09. The number of phenolic OH excluding ortho intramolecular Hbond substituents is 2. The molecule has 0 aliphatic carbocycles. The Kier molecular flexibility index (Phi) is 5.57. The molecular weight excluding hydrogens is 310 g/mol. The first kappa shape index (κ1) is 17.1. The van der Waals surface area contributed by atoms with E-state index in [0.29, 0.717) is 11.1 Å².